The smallest absolute Gasteiger partial charge is 0.356 e. The van der Waals surface area contributed by atoms with Crippen LogP contribution in [-0.4, -0.2) is 13.4 Å². The summed E-state index contributed by atoms with van der Waals surface area (Å²) >= 11 is 3.11. The fraction of sp³-hybridized carbons (Fsp3) is 0. The zero-order valence-corrected chi connectivity index (χ0v) is 11.0. The highest BCUT2D eigenvalue weighted by atomic mass is 79.9. The number of nitrogens with zero attached hydrogens (tertiary/aromatic N) is 1. The van der Waals surface area contributed by atoms with E-state index in [0.29, 0.717) is 4.60 Å². The molecule has 1 aromatic heterocycles. The highest BCUT2D eigenvalue weighted by molar-refractivity contribution is 9.10. The van der Waals surface area contributed by atoms with Crippen molar-refractivity contribution in [1.29, 1.82) is 0 Å². The SMILES string of the molecule is O=S(=O)(Oc1ccccc1)c1cccc(Br)n1. The summed E-state index contributed by atoms with van der Waals surface area (Å²) in [5.74, 6) is 0.259. The minimum absolute atomic E-state index is 0.129. The first kappa shape index (κ1) is 12.1. The van der Waals surface area contributed by atoms with E-state index >= 15 is 0 Å². The van der Waals surface area contributed by atoms with Gasteiger partial charge in [0.25, 0.3) is 0 Å². The Balaban J connectivity index is 2.32. The van der Waals surface area contributed by atoms with Crippen LogP contribution in [0.2, 0.25) is 0 Å². The standard InChI is InChI=1S/C11H8BrNO3S/c12-10-7-4-8-11(13-10)17(14,15)16-9-5-2-1-3-6-9/h1-8H. The van der Waals surface area contributed by atoms with Crippen LogP contribution in [0, 0.1) is 0 Å². The zero-order chi connectivity index (χ0) is 12.3. The maximum Gasteiger partial charge on any atom is 0.356 e. The van der Waals surface area contributed by atoms with E-state index in [9.17, 15) is 8.42 Å². The number of para-hydroxylation sites is 1. The van der Waals surface area contributed by atoms with E-state index < -0.39 is 10.1 Å². The molecule has 0 aliphatic rings. The number of pyridine rings is 1. The van der Waals surface area contributed by atoms with Gasteiger partial charge in [0, 0.05) is 0 Å². The van der Waals surface area contributed by atoms with Crippen LogP contribution in [0.25, 0.3) is 0 Å². The third kappa shape index (κ3) is 3.04. The Morgan fingerprint density at radius 2 is 1.71 bits per heavy atom. The quantitative estimate of drug-likeness (QED) is 0.645. The Morgan fingerprint density at radius 1 is 1.00 bits per heavy atom. The summed E-state index contributed by atoms with van der Waals surface area (Å²) in [6, 6.07) is 12.9. The van der Waals surface area contributed by atoms with Gasteiger partial charge in [0.15, 0.2) is 5.03 Å². The van der Waals surface area contributed by atoms with Crippen LogP contribution >= 0.6 is 15.9 Å². The van der Waals surface area contributed by atoms with Gasteiger partial charge in [-0.3, -0.25) is 0 Å². The van der Waals surface area contributed by atoms with Crippen molar-refractivity contribution in [3.8, 4) is 5.75 Å². The second kappa shape index (κ2) is 4.85. The monoisotopic (exact) mass is 313 g/mol. The average molecular weight is 314 g/mol. The van der Waals surface area contributed by atoms with Crippen LogP contribution in [0.1, 0.15) is 0 Å². The van der Waals surface area contributed by atoms with Crippen molar-refractivity contribution in [2.75, 3.05) is 0 Å². The summed E-state index contributed by atoms with van der Waals surface area (Å²) in [6.07, 6.45) is 0. The first-order valence-electron chi connectivity index (χ1n) is 4.70. The lowest BCUT2D eigenvalue weighted by Crippen LogP contribution is -2.11. The van der Waals surface area contributed by atoms with E-state index in [4.69, 9.17) is 4.18 Å². The molecule has 0 amide bonds. The molecule has 0 atom stereocenters. The third-order valence-electron chi connectivity index (χ3n) is 1.89. The summed E-state index contributed by atoms with van der Waals surface area (Å²) in [5, 5.41) is -0.129. The van der Waals surface area contributed by atoms with E-state index in [1.807, 2.05) is 0 Å². The normalized spacial score (nSPS) is 11.1. The molecule has 0 aliphatic carbocycles. The molecule has 0 radical (unpaired) electrons. The molecule has 0 N–H and O–H groups in total. The molecular formula is C11H8BrNO3S. The molecule has 1 heterocycles. The van der Waals surface area contributed by atoms with Gasteiger partial charge in [0.2, 0.25) is 0 Å². The summed E-state index contributed by atoms with van der Waals surface area (Å²) < 4.78 is 29.1. The van der Waals surface area contributed by atoms with Crippen molar-refractivity contribution < 1.29 is 12.6 Å². The largest absolute Gasteiger partial charge is 0.378 e. The van der Waals surface area contributed by atoms with Gasteiger partial charge in [0.05, 0.1) is 0 Å². The topological polar surface area (TPSA) is 56.3 Å². The van der Waals surface area contributed by atoms with Crippen LogP contribution in [0.3, 0.4) is 0 Å². The van der Waals surface area contributed by atoms with E-state index in [-0.39, 0.29) is 10.8 Å². The maximum atomic E-state index is 11.8. The van der Waals surface area contributed by atoms with Gasteiger partial charge < -0.3 is 4.18 Å². The number of hydrogen-bond donors (Lipinski definition) is 0. The van der Waals surface area contributed by atoms with Crippen molar-refractivity contribution in [3.05, 3.63) is 53.1 Å². The molecule has 1 aromatic carbocycles. The van der Waals surface area contributed by atoms with Gasteiger partial charge >= 0.3 is 10.1 Å². The average Bonchev–Trinajstić information content (AvgIpc) is 2.30. The Bertz CT molecular complexity index is 614. The number of hydrogen-bond acceptors (Lipinski definition) is 4. The molecule has 88 valence electrons. The van der Waals surface area contributed by atoms with Crippen LogP contribution in [0.15, 0.2) is 58.2 Å². The number of rotatable bonds is 3. The predicted molar refractivity (Wildman–Crippen MR) is 66.2 cm³/mol. The second-order valence-corrected chi connectivity index (χ2v) is 5.45. The van der Waals surface area contributed by atoms with E-state index in [0.717, 1.165) is 0 Å². The highest BCUT2D eigenvalue weighted by Gasteiger charge is 2.18. The molecule has 0 saturated carbocycles. The molecule has 2 rings (SSSR count). The molecule has 2 aromatic rings. The summed E-state index contributed by atoms with van der Waals surface area (Å²) in [6.45, 7) is 0. The van der Waals surface area contributed by atoms with Gasteiger partial charge in [-0.25, -0.2) is 4.98 Å². The zero-order valence-electron chi connectivity index (χ0n) is 8.58. The molecule has 0 bridgehead atoms. The van der Waals surface area contributed by atoms with Crippen molar-refractivity contribution in [2.45, 2.75) is 5.03 Å². The van der Waals surface area contributed by atoms with Gasteiger partial charge in [-0.1, -0.05) is 24.3 Å². The van der Waals surface area contributed by atoms with Crippen LogP contribution < -0.4 is 4.18 Å². The fourth-order valence-corrected chi connectivity index (χ4v) is 2.54. The van der Waals surface area contributed by atoms with Crippen molar-refractivity contribution >= 4 is 26.0 Å². The Hall–Kier alpha value is -1.40. The van der Waals surface area contributed by atoms with Crippen LogP contribution in [0.5, 0.6) is 5.75 Å². The molecule has 0 aliphatic heterocycles. The van der Waals surface area contributed by atoms with Crippen molar-refractivity contribution in [3.63, 3.8) is 0 Å². The molecule has 0 saturated heterocycles. The van der Waals surface area contributed by atoms with Gasteiger partial charge in [-0.05, 0) is 40.2 Å². The number of halogens is 1. The summed E-state index contributed by atoms with van der Waals surface area (Å²) in [5.41, 5.74) is 0. The number of aromatic nitrogens is 1. The second-order valence-electron chi connectivity index (χ2n) is 3.15. The first-order valence-corrected chi connectivity index (χ1v) is 6.90. The van der Waals surface area contributed by atoms with Crippen LogP contribution in [0.4, 0.5) is 0 Å². The Kier molecular flexibility index (Phi) is 3.44. The van der Waals surface area contributed by atoms with E-state index in [1.54, 1.807) is 42.5 Å². The maximum absolute atomic E-state index is 11.8. The van der Waals surface area contributed by atoms with Crippen molar-refractivity contribution in [2.24, 2.45) is 0 Å². The summed E-state index contributed by atoms with van der Waals surface area (Å²) in [4.78, 5) is 3.84. The fourth-order valence-electron chi connectivity index (χ4n) is 1.17. The molecule has 0 unspecified atom stereocenters. The Morgan fingerprint density at radius 3 is 2.35 bits per heavy atom. The molecule has 0 spiro atoms. The molecular weight excluding hydrogens is 306 g/mol. The predicted octanol–water partition coefficient (Wildman–Crippen LogP) is 2.61. The highest BCUT2D eigenvalue weighted by Crippen LogP contribution is 2.17. The summed E-state index contributed by atoms with van der Waals surface area (Å²) in [7, 11) is -3.88. The molecule has 6 heteroatoms. The van der Waals surface area contributed by atoms with Gasteiger partial charge in [-0.2, -0.15) is 8.42 Å². The minimum atomic E-state index is -3.88. The molecule has 4 nitrogen and oxygen atoms in total. The van der Waals surface area contributed by atoms with E-state index in [1.165, 1.54) is 6.07 Å². The molecule has 17 heavy (non-hydrogen) atoms. The number of benzene rings is 1. The minimum Gasteiger partial charge on any atom is -0.378 e. The van der Waals surface area contributed by atoms with Gasteiger partial charge in [-0.15, -0.1) is 0 Å². The third-order valence-corrected chi connectivity index (χ3v) is 3.49. The van der Waals surface area contributed by atoms with Crippen LogP contribution in [-0.2, 0) is 10.1 Å². The molecule has 0 fully saturated rings. The lowest BCUT2D eigenvalue weighted by molar-refractivity contribution is 0.482. The lowest BCUT2D eigenvalue weighted by atomic mass is 10.3. The lowest BCUT2D eigenvalue weighted by Gasteiger charge is -2.05. The Labute approximate surface area is 108 Å². The van der Waals surface area contributed by atoms with Crippen molar-refractivity contribution in [1.82, 2.24) is 4.98 Å². The van der Waals surface area contributed by atoms with Gasteiger partial charge in [0.1, 0.15) is 10.4 Å². The van der Waals surface area contributed by atoms with E-state index in [2.05, 4.69) is 20.9 Å². The first-order chi connectivity index (χ1) is 8.08.